The normalized spacial score (nSPS) is 29.9. The number of aliphatic carboxylic acids is 1. The minimum absolute atomic E-state index is 0.137. The van der Waals surface area contributed by atoms with Crippen molar-refractivity contribution in [3.63, 3.8) is 0 Å². The van der Waals surface area contributed by atoms with Gasteiger partial charge in [-0.05, 0) is 24.7 Å². The van der Waals surface area contributed by atoms with Crippen LogP contribution in [0.25, 0.3) is 0 Å². The van der Waals surface area contributed by atoms with Crippen LogP contribution in [0.5, 0.6) is 0 Å². The molecule has 0 aromatic heterocycles. The molecule has 0 radical (unpaired) electrons. The van der Waals surface area contributed by atoms with Gasteiger partial charge in [-0.2, -0.15) is 0 Å². The van der Waals surface area contributed by atoms with Crippen molar-refractivity contribution >= 4 is 12.3 Å². The SMILES string of the molecule is CC=C(N)C(N[C@@H](C=O)CC(=O)O)C1C(C)CCC1C. The number of aldehydes is 1. The summed E-state index contributed by atoms with van der Waals surface area (Å²) in [5, 5.41) is 12.0. The highest BCUT2D eigenvalue weighted by Crippen LogP contribution is 2.40. The lowest BCUT2D eigenvalue weighted by Crippen LogP contribution is -2.49. The van der Waals surface area contributed by atoms with Gasteiger partial charge in [0.2, 0.25) is 0 Å². The Kier molecular flexibility index (Phi) is 6.20. The number of hydrogen-bond acceptors (Lipinski definition) is 4. The molecule has 1 rings (SSSR count). The van der Waals surface area contributed by atoms with Crippen molar-refractivity contribution in [2.24, 2.45) is 23.5 Å². The Morgan fingerprint density at radius 1 is 1.40 bits per heavy atom. The molecule has 5 nitrogen and oxygen atoms in total. The first-order chi connectivity index (χ1) is 9.40. The summed E-state index contributed by atoms with van der Waals surface area (Å²) in [7, 11) is 0. The standard InChI is InChI=1S/C15H26N2O3/c1-4-12(16)15(14-9(2)5-6-10(14)3)17-11(8-18)7-13(19)20/h4,8-11,14-15,17H,5-7,16H2,1-3H3,(H,19,20)/t9?,10?,11-,14?,15?/m1/s1. The van der Waals surface area contributed by atoms with E-state index in [9.17, 15) is 9.59 Å². The van der Waals surface area contributed by atoms with E-state index in [2.05, 4.69) is 19.2 Å². The van der Waals surface area contributed by atoms with E-state index >= 15 is 0 Å². The molecule has 0 bridgehead atoms. The Bertz CT molecular complexity index is 371. The van der Waals surface area contributed by atoms with E-state index in [1.165, 1.54) is 0 Å². The number of carboxylic acids is 1. The molecule has 20 heavy (non-hydrogen) atoms. The highest BCUT2D eigenvalue weighted by Gasteiger charge is 2.38. The van der Waals surface area contributed by atoms with Gasteiger partial charge in [-0.3, -0.25) is 10.1 Å². The van der Waals surface area contributed by atoms with Crippen LogP contribution in [0.1, 0.15) is 40.0 Å². The number of nitrogens with one attached hydrogen (secondary N) is 1. The van der Waals surface area contributed by atoms with Gasteiger partial charge in [-0.1, -0.05) is 32.8 Å². The van der Waals surface area contributed by atoms with E-state index in [1.807, 2.05) is 13.0 Å². The molecule has 4 atom stereocenters. The Hall–Kier alpha value is -1.36. The van der Waals surface area contributed by atoms with Crippen molar-refractivity contribution in [2.75, 3.05) is 0 Å². The second kappa shape index (κ2) is 7.43. The number of rotatable bonds is 7. The summed E-state index contributed by atoms with van der Waals surface area (Å²) in [4.78, 5) is 21.9. The molecular formula is C15H26N2O3. The lowest BCUT2D eigenvalue weighted by Gasteiger charge is -2.33. The molecule has 1 saturated carbocycles. The number of carbonyl (C=O) groups is 2. The second-order valence-corrected chi connectivity index (χ2v) is 5.88. The fraction of sp³-hybridized carbons (Fsp3) is 0.733. The fourth-order valence-corrected chi connectivity index (χ4v) is 3.30. The molecule has 0 heterocycles. The van der Waals surface area contributed by atoms with Crippen molar-refractivity contribution < 1.29 is 14.7 Å². The van der Waals surface area contributed by atoms with E-state index in [-0.39, 0.29) is 12.5 Å². The third-order valence-corrected chi connectivity index (χ3v) is 4.42. The Morgan fingerprint density at radius 3 is 2.35 bits per heavy atom. The van der Waals surface area contributed by atoms with E-state index in [0.717, 1.165) is 12.8 Å². The molecule has 1 aliphatic carbocycles. The Morgan fingerprint density at radius 2 is 1.95 bits per heavy atom. The lowest BCUT2D eigenvalue weighted by atomic mass is 9.82. The number of hydrogen-bond donors (Lipinski definition) is 3. The van der Waals surface area contributed by atoms with Crippen molar-refractivity contribution in [1.29, 1.82) is 0 Å². The van der Waals surface area contributed by atoms with E-state index in [0.29, 0.717) is 29.7 Å². The van der Waals surface area contributed by atoms with Crippen LogP contribution in [0.2, 0.25) is 0 Å². The van der Waals surface area contributed by atoms with Gasteiger partial charge in [0.05, 0.1) is 18.5 Å². The minimum Gasteiger partial charge on any atom is -0.481 e. The first-order valence-corrected chi connectivity index (χ1v) is 7.25. The van der Waals surface area contributed by atoms with Crippen LogP contribution >= 0.6 is 0 Å². The Balaban J connectivity index is 2.89. The lowest BCUT2D eigenvalue weighted by molar-refractivity contribution is -0.138. The van der Waals surface area contributed by atoms with Crippen molar-refractivity contribution in [1.82, 2.24) is 5.32 Å². The van der Waals surface area contributed by atoms with Crippen LogP contribution in [0, 0.1) is 17.8 Å². The van der Waals surface area contributed by atoms with Gasteiger partial charge in [0.25, 0.3) is 0 Å². The van der Waals surface area contributed by atoms with Crippen molar-refractivity contribution in [2.45, 2.75) is 52.1 Å². The summed E-state index contributed by atoms with van der Waals surface area (Å²) >= 11 is 0. The number of allylic oxidation sites excluding steroid dienone is 1. The summed E-state index contributed by atoms with van der Waals surface area (Å²) in [6.07, 6.45) is 4.57. The topological polar surface area (TPSA) is 92.4 Å². The van der Waals surface area contributed by atoms with Gasteiger partial charge in [-0.15, -0.1) is 0 Å². The predicted molar refractivity (Wildman–Crippen MR) is 78.0 cm³/mol. The van der Waals surface area contributed by atoms with Crippen molar-refractivity contribution in [3.05, 3.63) is 11.8 Å². The monoisotopic (exact) mass is 282 g/mol. The van der Waals surface area contributed by atoms with Gasteiger partial charge in [0.15, 0.2) is 0 Å². The molecule has 5 heteroatoms. The van der Waals surface area contributed by atoms with Gasteiger partial charge >= 0.3 is 5.97 Å². The molecule has 1 aliphatic rings. The maximum absolute atomic E-state index is 11.1. The van der Waals surface area contributed by atoms with Gasteiger partial charge in [-0.25, -0.2) is 0 Å². The fourth-order valence-electron chi connectivity index (χ4n) is 3.30. The van der Waals surface area contributed by atoms with Gasteiger partial charge in [0.1, 0.15) is 6.29 Å². The summed E-state index contributed by atoms with van der Waals surface area (Å²) < 4.78 is 0. The average Bonchev–Trinajstić information content (AvgIpc) is 2.73. The van der Waals surface area contributed by atoms with E-state index < -0.39 is 12.0 Å². The largest absolute Gasteiger partial charge is 0.481 e. The first-order valence-electron chi connectivity index (χ1n) is 7.25. The highest BCUT2D eigenvalue weighted by atomic mass is 16.4. The third kappa shape index (κ3) is 4.07. The van der Waals surface area contributed by atoms with Gasteiger partial charge in [0, 0.05) is 5.70 Å². The van der Waals surface area contributed by atoms with E-state index in [1.54, 1.807) is 0 Å². The molecule has 0 saturated heterocycles. The molecule has 4 N–H and O–H groups in total. The highest BCUT2D eigenvalue weighted by molar-refractivity contribution is 5.73. The van der Waals surface area contributed by atoms with Crippen LogP contribution in [0.15, 0.2) is 11.8 Å². The molecule has 0 spiro atoms. The zero-order valence-electron chi connectivity index (χ0n) is 12.5. The van der Waals surface area contributed by atoms with E-state index in [4.69, 9.17) is 10.8 Å². The molecule has 114 valence electrons. The molecule has 3 unspecified atom stereocenters. The summed E-state index contributed by atoms with van der Waals surface area (Å²) in [6, 6.07) is -0.835. The Labute approximate surface area is 120 Å². The summed E-state index contributed by atoms with van der Waals surface area (Å²) in [5.41, 5.74) is 6.78. The number of carbonyl (C=O) groups excluding carboxylic acids is 1. The molecule has 0 aliphatic heterocycles. The minimum atomic E-state index is -0.986. The third-order valence-electron chi connectivity index (χ3n) is 4.42. The second-order valence-electron chi connectivity index (χ2n) is 5.88. The van der Waals surface area contributed by atoms with Crippen LogP contribution in [0.3, 0.4) is 0 Å². The molecular weight excluding hydrogens is 256 g/mol. The zero-order valence-corrected chi connectivity index (χ0v) is 12.5. The maximum atomic E-state index is 11.1. The molecule has 0 aromatic rings. The molecule has 1 fully saturated rings. The summed E-state index contributed by atoms with van der Waals surface area (Å²) in [6.45, 7) is 6.25. The summed E-state index contributed by atoms with van der Waals surface area (Å²) in [5.74, 6) is 0.374. The molecule has 0 aromatic carbocycles. The first kappa shape index (κ1) is 16.7. The quantitative estimate of drug-likeness (QED) is 0.616. The molecule has 0 amide bonds. The van der Waals surface area contributed by atoms with Crippen LogP contribution < -0.4 is 11.1 Å². The van der Waals surface area contributed by atoms with Crippen LogP contribution in [0.4, 0.5) is 0 Å². The van der Waals surface area contributed by atoms with Crippen molar-refractivity contribution in [3.8, 4) is 0 Å². The maximum Gasteiger partial charge on any atom is 0.305 e. The van der Waals surface area contributed by atoms with Crippen LogP contribution in [-0.2, 0) is 9.59 Å². The van der Waals surface area contributed by atoms with Gasteiger partial charge < -0.3 is 15.6 Å². The average molecular weight is 282 g/mol. The predicted octanol–water partition coefficient (Wildman–Crippen LogP) is 1.53. The zero-order chi connectivity index (χ0) is 15.3. The van der Waals surface area contributed by atoms with Crippen LogP contribution in [-0.4, -0.2) is 29.4 Å². The number of carboxylic acid groups (broad SMARTS) is 1. The smallest absolute Gasteiger partial charge is 0.305 e. The number of nitrogens with two attached hydrogens (primary N) is 1.